The molecule has 3 aromatic heterocycles. The van der Waals surface area contributed by atoms with Crippen LogP contribution >= 0.6 is 24.8 Å². The topological polar surface area (TPSA) is 164 Å². The van der Waals surface area contributed by atoms with Crippen LogP contribution in [0.1, 0.15) is 10.4 Å². The number of benzene rings is 2. The van der Waals surface area contributed by atoms with Crippen molar-refractivity contribution in [3.8, 4) is 23.1 Å². The number of halogens is 4. The lowest BCUT2D eigenvalue weighted by atomic mass is 10.2. The van der Waals surface area contributed by atoms with Crippen molar-refractivity contribution in [3.05, 3.63) is 94.5 Å². The lowest BCUT2D eigenvalue weighted by Gasteiger charge is -2.12. The Morgan fingerprint density at radius 3 is 2.52 bits per heavy atom. The summed E-state index contributed by atoms with van der Waals surface area (Å²) in [7, 11) is 0. The van der Waals surface area contributed by atoms with Gasteiger partial charge in [0.05, 0.1) is 12.3 Å². The van der Waals surface area contributed by atoms with Crippen molar-refractivity contribution >= 4 is 47.4 Å². The van der Waals surface area contributed by atoms with Crippen LogP contribution in [0.25, 0.3) is 16.7 Å². The molecule has 42 heavy (non-hydrogen) atoms. The second-order valence-corrected chi connectivity index (χ2v) is 8.35. The number of aliphatic hydroxyl groups is 2. The first-order valence-electron chi connectivity index (χ1n) is 11.7. The number of aromatic amines is 1. The molecule has 0 fully saturated rings. The fourth-order valence-electron chi connectivity index (χ4n) is 3.64. The molecule has 3 heterocycles. The van der Waals surface area contributed by atoms with Gasteiger partial charge in [-0.25, -0.2) is 13.8 Å². The number of hydrogen-bond donors (Lipinski definition) is 4. The molecule has 0 aliphatic heterocycles. The van der Waals surface area contributed by atoms with Gasteiger partial charge in [0.1, 0.15) is 35.2 Å². The summed E-state index contributed by atoms with van der Waals surface area (Å²) in [6.07, 6.45) is 1.51. The minimum atomic E-state index is -1.13. The molecule has 5 aromatic rings. The number of nitrogens with one attached hydrogen (secondary N) is 2. The molecule has 16 heteroatoms. The maximum atomic E-state index is 15.0. The summed E-state index contributed by atoms with van der Waals surface area (Å²) < 4.78 is 40.3. The third-order valence-corrected chi connectivity index (χ3v) is 5.58. The van der Waals surface area contributed by atoms with Crippen molar-refractivity contribution in [1.29, 1.82) is 0 Å². The van der Waals surface area contributed by atoms with Gasteiger partial charge in [0, 0.05) is 30.2 Å². The summed E-state index contributed by atoms with van der Waals surface area (Å²) >= 11 is 0. The number of H-pyrrole nitrogens is 1. The molecule has 0 unspecified atom stereocenters. The first-order valence-corrected chi connectivity index (χ1v) is 11.7. The van der Waals surface area contributed by atoms with Crippen LogP contribution in [-0.4, -0.2) is 60.4 Å². The Hall–Kier alpha value is -4.63. The molecule has 0 aliphatic carbocycles. The highest BCUT2D eigenvalue weighted by atomic mass is 35.5. The van der Waals surface area contributed by atoms with Gasteiger partial charge in [-0.3, -0.25) is 14.7 Å². The molecule has 2 aromatic carbocycles. The van der Waals surface area contributed by atoms with Gasteiger partial charge in [0.2, 0.25) is 5.88 Å². The van der Waals surface area contributed by atoms with E-state index in [4.69, 9.17) is 14.6 Å². The molecule has 0 spiro atoms. The average Bonchev–Trinajstić information content (AvgIpc) is 3.38. The number of amides is 1. The van der Waals surface area contributed by atoms with Crippen LogP contribution < -0.4 is 20.3 Å². The van der Waals surface area contributed by atoms with E-state index in [0.29, 0.717) is 0 Å². The predicted molar refractivity (Wildman–Crippen MR) is 151 cm³/mol. The summed E-state index contributed by atoms with van der Waals surface area (Å²) in [5.74, 6) is -2.17. The first-order chi connectivity index (χ1) is 19.3. The van der Waals surface area contributed by atoms with Crippen LogP contribution in [0, 0.1) is 11.6 Å². The SMILES string of the molecule is Cl.Cl.O=C(Nc1ccc(Oc2ccnc3[nH]nc(OC[C@@H](O)CO)c23)c(F)c1)c1ccnn(-c2ccc(F)cc2)c1=O. The highest BCUT2D eigenvalue weighted by molar-refractivity contribution is 6.04. The van der Waals surface area contributed by atoms with E-state index in [-0.39, 0.29) is 76.8 Å². The van der Waals surface area contributed by atoms with Gasteiger partial charge >= 0.3 is 0 Å². The van der Waals surface area contributed by atoms with Crippen molar-refractivity contribution < 1.29 is 33.3 Å². The van der Waals surface area contributed by atoms with E-state index in [1.54, 1.807) is 0 Å². The van der Waals surface area contributed by atoms with E-state index in [1.807, 2.05) is 0 Å². The van der Waals surface area contributed by atoms with Crippen LogP contribution in [0.5, 0.6) is 17.4 Å². The zero-order valence-electron chi connectivity index (χ0n) is 21.2. The standard InChI is InChI=1S/C26H20F2N6O6.2ClH/c27-14-1-4-16(5-2-14)34-26(38)18(7-10-30-34)24(37)31-15-3-6-20(19(28)11-15)40-21-8-9-29-23-22(21)25(33-32-23)39-13-17(36)12-35;;/h1-11,17,35-36H,12-13H2,(H,31,37)(H,29,32,33);2*1H/t17-;;/m0../s1. The normalized spacial score (nSPS) is 11.2. The summed E-state index contributed by atoms with van der Waals surface area (Å²) in [5.41, 5.74) is -0.436. The van der Waals surface area contributed by atoms with Gasteiger partial charge in [-0.15, -0.1) is 29.9 Å². The van der Waals surface area contributed by atoms with Gasteiger partial charge in [-0.1, -0.05) is 0 Å². The number of fused-ring (bicyclic) bond motifs is 1. The van der Waals surface area contributed by atoms with Crippen molar-refractivity contribution in [3.63, 3.8) is 0 Å². The number of rotatable bonds is 9. The van der Waals surface area contributed by atoms with Crippen LogP contribution in [0.15, 0.2) is 71.8 Å². The Labute approximate surface area is 247 Å². The molecular weight excluding hydrogens is 601 g/mol. The molecule has 5 rings (SSSR count). The zero-order chi connectivity index (χ0) is 28.2. The van der Waals surface area contributed by atoms with Gasteiger partial charge < -0.3 is 25.0 Å². The van der Waals surface area contributed by atoms with Crippen LogP contribution in [0.3, 0.4) is 0 Å². The fourth-order valence-corrected chi connectivity index (χ4v) is 3.64. The lowest BCUT2D eigenvalue weighted by Crippen LogP contribution is -2.29. The largest absolute Gasteiger partial charge is 0.473 e. The summed E-state index contributed by atoms with van der Waals surface area (Å²) in [6, 6.07) is 11.3. The van der Waals surface area contributed by atoms with Crippen LogP contribution in [0.4, 0.5) is 14.5 Å². The molecular formula is C26H22Cl2F2N6O6. The van der Waals surface area contributed by atoms with E-state index >= 15 is 0 Å². The number of nitrogens with zero attached hydrogens (tertiary/aromatic N) is 4. The summed E-state index contributed by atoms with van der Waals surface area (Å²) in [6.45, 7) is -0.760. The quantitative estimate of drug-likeness (QED) is 0.193. The van der Waals surface area contributed by atoms with Gasteiger partial charge in [-0.2, -0.15) is 9.78 Å². The molecule has 12 nitrogen and oxygen atoms in total. The maximum Gasteiger partial charge on any atom is 0.284 e. The lowest BCUT2D eigenvalue weighted by molar-refractivity contribution is 0.0525. The van der Waals surface area contributed by atoms with Gasteiger partial charge in [0.15, 0.2) is 17.2 Å². The first kappa shape index (κ1) is 31.9. The van der Waals surface area contributed by atoms with Crippen molar-refractivity contribution in [2.24, 2.45) is 0 Å². The van der Waals surface area contributed by atoms with E-state index in [0.717, 1.165) is 22.9 Å². The number of carbonyl (C=O) groups excluding carboxylic acids is 1. The minimum Gasteiger partial charge on any atom is -0.473 e. The van der Waals surface area contributed by atoms with Crippen LogP contribution in [-0.2, 0) is 0 Å². The Balaban J connectivity index is 0.00000242. The van der Waals surface area contributed by atoms with E-state index in [9.17, 15) is 23.5 Å². The van der Waals surface area contributed by atoms with Gasteiger partial charge in [-0.05, 0) is 42.5 Å². The molecule has 1 amide bonds. The number of hydrogen-bond acceptors (Lipinski definition) is 9. The Morgan fingerprint density at radius 2 is 1.81 bits per heavy atom. The molecule has 0 saturated carbocycles. The Bertz CT molecular complexity index is 1750. The van der Waals surface area contributed by atoms with E-state index < -0.39 is 35.8 Å². The third kappa shape index (κ3) is 6.80. The highest BCUT2D eigenvalue weighted by Crippen LogP contribution is 2.35. The molecule has 0 radical (unpaired) electrons. The number of aromatic nitrogens is 5. The molecule has 4 N–H and O–H groups in total. The maximum absolute atomic E-state index is 15.0. The van der Waals surface area contributed by atoms with Crippen molar-refractivity contribution in [1.82, 2.24) is 25.0 Å². The molecule has 0 saturated heterocycles. The Kier molecular flexibility index (Phi) is 10.5. The van der Waals surface area contributed by atoms with Crippen molar-refractivity contribution in [2.75, 3.05) is 18.5 Å². The number of anilines is 1. The molecule has 1 atom stereocenters. The number of pyridine rings is 1. The number of carbonyl (C=O) groups is 1. The summed E-state index contributed by atoms with van der Waals surface area (Å²) in [4.78, 5) is 29.7. The minimum absolute atomic E-state index is 0. The summed E-state index contributed by atoms with van der Waals surface area (Å²) in [5, 5.41) is 31.8. The van der Waals surface area contributed by atoms with Gasteiger partial charge in [0.25, 0.3) is 11.5 Å². The van der Waals surface area contributed by atoms with Crippen molar-refractivity contribution in [2.45, 2.75) is 6.10 Å². The zero-order valence-corrected chi connectivity index (χ0v) is 22.9. The second kappa shape index (κ2) is 13.8. The van der Waals surface area contributed by atoms with E-state index in [1.165, 1.54) is 48.8 Å². The third-order valence-electron chi connectivity index (χ3n) is 5.58. The highest BCUT2D eigenvalue weighted by Gasteiger charge is 2.19. The molecule has 0 aliphatic rings. The second-order valence-electron chi connectivity index (χ2n) is 8.35. The monoisotopic (exact) mass is 622 g/mol. The smallest absolute Gasteiger partial charge is 0.284 e. The average molecular weight is 623 g/mol. The molecule has 0 bridgehead atoms. The number of ether oxygens (including phenoxy) is 2. The van der Waals surface area contributed by atoms with E-state index in [2.05, 4.69) is 25.6 Å². The predicted octanol–water partition coefficient (Wildman–Crippen LogP) is 3.40. The van der Waals surface area contributed by atoms with Crippen LogP contribution in [0.2, 0.25) is 0 Å². The molecule has 220 valence electrons. The Morgan fingerprint density at radius 1 is 1.05 bits per heavy atom. The fraction of sp³-hybridized carbons (Fsp3) is 0.115. The number of aliphatic hydroxyl groups excluding tert-OH is 2.